The van der Waals surface area contributed by atoms with E-state index in [1.54, 1.807) is 31.2 Å². The Morgan fingerprint density at radius 1 is 1.05 bits per heavy atom. The standard InChI is InChI=1S/C33H41N11O11/c1-15(37-29(50)17-4-6-18(7-5-17)35-12-20-13-36-28-23(38-20)30(51)41-33(34)40-28)3-8-22(46)39-21(16(2)45)11-19-14-44(43-42-19)9-10-54-32-26(49)24(47)25(48)27(55-32)31(52)53/h4-7,13-15,21,24-27,32,35,47-49H,3,8-12H2,1-2H3,(H,37,50)(H,39,46)(H,52,53)(H3,34,36,40,41,51)/t15-,21+,24+,25?,26?,27?,32+/m1/s1. The zero-order valence-corrected chi connectivity index (χ0v) is 29.7. The third-order valence-electron chi connectivity index (χ3n) is 8.53. The molecule has 0 aliphatic carbocycles. The molecule has 1 aromatic carbocycles. The summed E-state index contributed by atoms with van der Waals surface area (Å²) in [6, 6.07) is 5.40. The number of nitrogens with one attached hydrogen (secondary N) is 4. The van der Waals surface area contributed by atoms with Gasteiger partial charge in [-0.3, -0.25) is 24.2 Å². The van der Waals surface area contributed by atoms with Gasteiger partial charge in [0.05, 0.1) is 43.3 Å². The highest BCUT2D eigenvalue weighted by molar-refractivity contribution is 5.94. The number of amides is 2. The molecule has 0 saturated carbocycles. The number of Topliss-reactive ketones (excluding diaryl/α,β-unsaturated/α-hetero) is 1. The van der Waals surface area contributed by atoms with Crippen LogP contribution in [0.3, 0.4) is 0 Å². The molecule has 1 saturated heterocycles. The van der Waals surface area contributed by atoms with Gasteiger partial charge in [-0.25, -0.2) is 19.4 Å². The number of H-pyrrole nitrogens is 1. The summed E-state index contributed by atoms with van der Waals surface area (Å²) in [5.74, 6) is -2.65. The van der Waals surface area contributed by atoms with Crippen molar-refractivity contribution in [3.8, 4) is 0 Å². The molecule has 1 aliphatic rings. The SMILES string of the molecule is CC(=O)[C@H](Cc1cn(CCO[C@H]2OC(C(=O)O)C(O)[C@H](O)C2O)nn1)NC(=O)CC[C@@H](C)NC(=O)c1ccc(NCc2cnc3nc(N)[nH]c(=O)c3n2)cc1. The lowest BCUT2D eigenvalue weighted by Gasteiger charge is -2.38. The number of nitrogens with two attached hydrogens (primary N) is 1. The molecule has 22 heteroatoms. The fraction of sp³-hybridized carbons (Fsp3) is 0.455. The van der Waals surface area contributed by atoms with Gasteiger partial charge in [-0.05, 0) is 44.5 Å². The molecule has 2 amide bonds. The maximum absolute atomic E-state index is 12.8. The molecule has 0 spiro atoms. The number of hydrogen-bond acceptors (Lipinski definition) is 17. The summed E-state index contributed by atoms with van der Waals surface area (Å²) >= 11 is 0. The third kappa shape index (κ3) is 10.6. The lowest BCUT2D eigenvalue weighted by molar-refractivity contribution is -0.294. The molecule has 7 atom stereocenters. The van der Waals surface area contributed by atoms with Crippen LogP contribution in [0.5, 0.6) is 0 Å². The van der Waals surface area contributed by atoms with Gasteiger partial charge in [-0.2, -0.15) is 4.98 Å². The molecule has 4 aromatic rings. The first-order valence-corrected chi connectivity index (χ1v) is 17.1. The van der Waals surface area contributed by atoms with Gasteiger partial charge in [0.2, 0.25) is 11.9 Å². The van der Waals surface area contributed by atoms with Crippen molar-refractivity contribution in [1.82, 2.24) is 45.6 Å². The number of nitrogen functional groups attached to an aromatic ring is 1. The molecule has 10 N–H and O–H groups in total. The number of ketones is 1. The Morgan fingerprint density at radius 2 is 1.80 bits per heavy atom. The number of carboxylic acids is 1. The Balaban J connectivity index is 1.02. The number of ether oxygens (including phenoxy) is 2. The van der Waals surface area contributed by atoms with Gasteiger partial charge >= 0.3 is 5.97 Å². The van der Waals surface area contributed by atoms with Crippen LogP contribution in [0.4, 0.5) is 11.6 Å². The number of aromatic nitrogens is 7. The number of rotatable bonds is 17. The molecular formula is C33H41N11O11. The maximum Gasteiger partial charge on any atom is 0.335 e. The van der Waals surface area contributed by atoms with Crippen molar-refractivity contribution in [2.45, 2.75) is 89.0 Å². The molecule has 55 heavy (non-hydrogen) atoms. The smallest absolute Gasteiger partial charge is 0.335 e. The number of aliphatic hydroxyl groups excluding tert-OH is 3. The van der Waals surface area contributed by atoms with Gasteiger partial charge in [-0.15, -0.1) is 5.10 Å². The van der Waals surface area contributed by atoms with Crippen molar-refractivity contribution in [2.75, 3.05) is 17.7 Å². The van der Waals surface area contributed by atoms with Crippen molar-refractivity contribution in [3.05, 3.63) is 64.0 Å². The number of fused-ring (bicyclic) bond motifs is 1. The lowest BCUT2D eigenvalue weighted by atomic mass is 9.99. The molecule has 1 aliphatic heterocycles. The number of nitrogens with zero attached hydrogens (tertiary/aromatic N) is 6. The van der Waals surface area contributed by atoms with E-state index in [1.807, 2.05) is 0 Å². The van der Waals surface area contributed by atoms with Gasteiger partial charge in [-0.1, -0.05) is 5.21 Å². The van der Waals surface area contributed by atoms with E-state index >= 15 is 0 Å². The first kappa shape index (κ1) is 40.2. The predicted octanol–water partition coefficient (Wildman–Crippen LogP) is -2.38. The number of aliphatic hydroxyl groups is 3. The van der Waals surface area contributed by atoms with Crippen LogP contribution in [0.15, 0.2) is 41.5 Å². The first-order chi connectivity index (χ1) is 26.2. The van der Waals surface area contributed by atoms with E-state index in [1.165, 1.54) is 24.0 Å². The van der Waals surface area contributed by atoms with Crippen molar-refractivity contribution >= 4 is 46.4 Å². The average Bonchev–Trinajstić information content (AvgIpc) is 3.59. The highest BCUT2D eigenvalue weighted by Crippen LogP contribution is 2.22. The van der Waals surface area contributed by atoms with Gasteiger partial charge in [0, 0.05) is 36.3 Å². The Hall–Kier alpha value is -5.94. The summed E-state index contributed by atoms with van der Waals surface area (Å²) in [5, 5.41) is 55.6. The molecule has 22 nitrogen and oxygen atoms in total. The summed E-state index contributed by atoms with van der Waals surface area (Å²) < 4.78 is 11.8. The summed E-state index contributed by atoms with van der Waals surface area (Å²) in [6.07, 6.45) is -5.31. The number of anilines is 2. The fourth-order valence-corrected chi connectivity index (χ4v) is 5.48. The van der Waals surface area contributed by atoms with Gasteiger partial charge in [0.15, 0.2) is 29.3 Å². The van der Waals surface area contributed by atoms with E-state index in [0.717, 1.165) is 0 Å². The van der Waals surface area contributed by atoms with Crippen molar-refractivity contribution in [1.29, 1.82) is 0 Å². The first-order valence-electron chi connectivity index (χ1n) is 17.1. The van der Waals surface area contributed by atoms with Gasteiger partial charge < -0.3 is 51.6 Å². The molecular weight excluding hydrogens is 726 g/mol. The van der Waals surface area contributed by atoms with E-state index in [0.29, 0.717) is 29.1 Å². The molecule has 4 heterocycles. The van der Waals surface area contributed by atoms with Crippen molar-refractivity contribution < 1.29 is 49.1 Å². The lowest BCUT2D eigenvalue weighted by Crippen LogP contribution is -2.60. The normalized spacial score (nSPS) is 20.7. The van der Waals surface area contributed by atoms with E-state index in [9.17, 15) is 39.3 Å². The number of aliphatic carboxylic acids is 1. The second kappa shape index (κ2) is 17.9. The Bertz CT molecular complexity index is 2060. The summed E-state index contributed by atoms with van der Waals surface area (Å²) in [7, 11) is 0. The number of carbonyl (C=O) groups excluding carboxylic acids is 3. The van der Waals surface area contributed by atoms with Crippen LogP contribution in [0, 0.1) is 0 Å². The number of carbonyl (C=O) groups is 4. The van der Waals surface area contributed by atoms with E-state index < -0.39 is 54.2 Å². The second-order valence-corrected chi connectivity index (χ2v) is 12.8. The minimum absolute atomic E-state index is 0.0225. The van der Waals surface area contributed by atoms with Crippen LogP contribution in [0.25, 0.3) is 11.2 Å². The molecule has 5 rings (SSSR count). The predicted molar refractivity (Wildman–Crippen MR) is 189 cm³/mol. The summed E-state index contributed by atoms with van der Waals surface area (Å²) in [6.45, 7) is 3.25. The van der Waals surface area contributed by atoms with Crippen LogP contribution in [-0.2, 0) is 43.4 Å². The molecule has 1 fully saturated rings. The highest BCUT2D eigenvalue weighted by Gasteiger charge is 2.47. The highest BCUT2D eigenvalue weighted by atomic mass is 16.7. The zero-order chi connectivity index (χ0) is 39.8. The topological polar surface area (TPSA) is 332 Å². The van der Waals surface area contributed by atoms with E-state index in [-0.39, 0.29) is 67.4 Å². The molecule has 0 bridgehead atoms. The van der Waals surface area contributed by atoms with Crippen molar-refractivity contribution in [3.63, 3.8) is 0 Å². The van der Waals surface area contributed by atoms with Crippen LogP contribution in [0.2, 0.25) is 0 Å². The molecule has 294 valence electrons. The molecule has 0 radical (unpaired) electrons. The quantitative estimate of drug-likeness (QED) is 0.0542. The monoisotopic (exact) mass is 767 g/mol. The molecule has 3 unspecified atom stereocenters. The summed E-state index contributed by atoms with van der Waals surface area (Å²) in [4.78, 5) is 76.0. The van der Waals surface area contributed by atoms with Crippen molar-refractivity contribution in [2.24, 2.45) is 0 Å². The minimum Gasteiger partial charge on any atom is -0.479 e. The van der Waals surface area contributed by atoms with E-state index in [2.05, 4.69) is 46.2 Å². The van der Waals surface area contributed by atoms with Crippen LogP contribution in [-0.4, -0.2) is 128 Å². The Morgan fingerprint density at radius 3 is 2.51 bits per heavy atom. The number of hydrogen-bond donors (Lipinski definition) is 9. The number of carboxylic acid groups (broad SMARTS) is 1. The second-order valence-electron chi connectivity index (χ2n) is 12.8. The zero-order valence-electron chi connectivity index (χ0n) is 29.7. The molecule has 3 aromatic heterocycles. The minimum atomic E-state index is -1.84. The van der Waals surface area contributed by atoms with Crippen LogP contribution >= 0.6 is 0 Å². The average molecular weight is 768 g/mol. The third-order valence-corrected chi connectivity index (χ3v) is 8.53. The Labute approximate surface area is 311 Å². The van der Waals surface area contributed by atoms with Crippen LogP contribution in [0.1, 0.15) is 48.4 Å². The van der Waals surface area contributed by atoms with Crippen LogP contribution < -0.4 is 27.2 Å². The Kier molecular flexibility index (Phi) is 13.1. The number of benzene rings is 1. The van der Waals surface area contributed by atoms with Gasteiger partial charge in [0.1, 0.15) is 18.3 Å². The number of aromatic amines is 1. The largest absolute Gasteiger partial charge is 0.479 e. The summed E-state index contributed by atoms with van der Waals surface area (Å²) in [5.41, 5.74) is 7.20. The van der Waals surface area contributed by atoms with E-state index in [4.69, 9.17) is 20.3 Å². The maximum atomic E-state index is 12.8. The van der Waals surface area contributed by atoms with Gasteiger partial charge in [0.25, 0.3) is 11.5 Å². The fourth-order valence-electron chi connectivity index (χ4n) is 5.48.